The van der Waals surface area contributed by atoms with Crippen LogP contribution < -0.4 is 25.1 Å². The van der Waals surface area contributed by atoms with Gasteiger partial charge in [0.15, 0.2) is 11.5 Å². The Labute approximate surface area is 228 Å². The molecule has 11 heteroatoms. The van der Waals surface area contributed by atoms with Crippen molar-refractivity contribution in [3.8, 4) is 28.7 Å². The molecule has 5 rings (SSSR count). The lowest BCUT2D eigenvalue weighted by molar-refractivity contribution is 0.102. The highest BCUT2D eigenvalue weighted by atomic mass is 35.5. The van der Waals surface area contributed by atoms with Crippen LogP contribution in [0.5, 0.6) is 23.0 Å². The number of anilines is 1. The van der Waals surface area contributed by atoms with Crippen molar-refractivity contribution in [3.05, 3.63) is 93.6 Å². The maximum absolute atomic E-state index is 13.2. The number of halogens is 1. The van der Waals surface area contributed by atoms with Gasteiger partial charge in [-0.15, -0.1) is 0 Å². The van der Waals surface area contributed by atoms with Crippen LogP contribution in [0.2, 0.25) is 5.02 Å². The molecule has 0 bridgehead atoms. The quantitative estimate of drug-likeness (QED) is 0.301. The number of pyridine rings is 2. The van der Waals surface area contributed by atoms with Gasteiger partial charge in [0.1, 0.15) is 22.9 Å². The van der Waals surface area contributed by atoms with Crippen molar-refractivity contribution in [2.75, 3.05) is 19.5 Å². The number of para-hydroxylation sites is 1. The van der Waals surface area contributed by atoms with Crippen molar-refractivity contribution >= 4 is 34.2 Å². The molecule has 2 aromatic carbocycles. The predicted octanol–water partition coefficient (Wildman–Crippen LogP) is 5.14. The van der Waals surface area contributed by atoms with E-state index < -0.39 is 11.5 Å². The molecule has 5 aromatic rings. The van der Waals surface area contributed by atoms with Crippen LogP contribution in [0.4, 0.5) is 5.82 Å². The van der Waals surface area contributed by atoms with Crippen molar-refractivity contribution in [1.29, 1.82) is 0 Å². The van der Waals surface area contributed by atoms with Crippen molar-refractivity contribution in [2.24, 2.45) is 7.05 Å². The van der Waals surface area contributed by atoms with Gasteiger partial charge < -0.3 is 19.5 Å². The Bertz CT molecular complexity index is 1760. The number of methoxy groups -OCH3 is 2. The average molecular weight is 546 g/mol. The second-order valence-corrected chi connectivity index (χ2v) is 8.93. The fourth-order valence-electron chi connectivity index (χ4n) is 4.22. The zero-order chi connectivity index (χ0) is 27.7. The van der Waals surface area contributed by atoms with E-state index in [9.17, 15) is 9.59 Å². The summed E-state index contributed by atoms with van der Waals surface area (Å²) in [5.41, 5.74) is 1.13. The first-order valence-electron chi connectivity index (χ1n) is 11.8. The minimum Gasteiger partial charge on any atom is -0.493 e. The van der Waals surface area contributed by atoms with E-state index in [-0.39, 0.29) is 11.4 Å². The normalized spacial score (nSPS) is 10.9. The van der Waals surface area contributed by atoms with Crippen LogP contribution in [0.25, 0.3) is 16.6 Å². The minimum atomic E-state index is -0.582. The third-order valence-electron chi connectivity index (χ3n) is 6.27. The Morgan fingerprint density at radius 3 is 2.41 bits per heavy atom. The smallest absolute Gasteiger partial charge is 0.284 e. The highest BCUT2D eigenvalue weighted by molar-refractivity contribution is 6.32. The van der Waals surface area contributed by atoms with E-state index in [1.54, 1.807) is 93.7 Å². The summed E-state index contributed by atoms with van der Waals surface area (Å²) < 4.78 is 19.8. The monoisotopic (exact) mass is 545 g/mol. The van der Waals surface area contributed by atoms with Gasteiger partial charge in [0.2, 0.25) is 0 Å². The van der Waals surface area contributed by atoms with E-state index in [0.29, 0.717) is 44.9 Å². The lowest BCUT2D eigenvalue weighted by Crippen LogP contribution is -2.25. The molecule has 0 fully saturated rings. The second kappa shape index (κ2) is 10.5. The molecule has 0 spiro atoms. The molecule has 0 radical (unpaired) electrons. The topological polar surface area (TPSA) is 110 Å². The van der Waals surface area contributed by atoms with Crippen LogP contribution in [0.3, 0.4) is 0 Å². The predicted molar refractivity (Wildman–Crippen MR) is 148 cm³/mol. The van der Waals surface area contributed by atoms with Crippen molar-refractivity contribution in [1.82, 2.24) is 19.3 Å². The maximum atomic E-state index is 13.2. The lowest BCUT2D eigenvalue weighted by atomic mass is 10.2. The second-order valence-electron chi connectivity index (χ2n) is 8.52. The molecule has 0 unspecified atom stereocenters. The molecule has 3 aromatic heterocycles. The first-order valence-corrected chi connectivity index (χ1v) is 12.2. The van der Waals surface area contributed by atoms with Gasteiger partial charge in [0, 0.05) is 24.7 Å². The Hall–Kier alpha value is -4.83. The highest BCUT2D eigenvalue weighted by Gasteiger charge is 2.23. The van der Waals surface area contributed by atoms with Gasteiger partial charge in [-0.1, -0.05) is 23.7 Å². The molecular formula is C28H24ClN5O5. The molecule has 3 heterocycles. The van der Waals surface area contributed by atoms with Crippen LogP contribution >= 0.6 is 11.6 Å². The van der Waals surface area contributed by atoms with E-state index in [1.165, 1.54) is 10.9 Å². The van der Waals surface area contributed by atoms with Crippen LogP contribution in [-0.2, 0) is 7.05 Å². The highest BCUT2D eigenvalue weighted by Crippen LogP contribution is 2.36. The van der Waals surface area contributed by atoms with E-state index in [4.69, 9.17) is 25.8 Å². The Kier molecular flexibility index (Phi) is 6.95. The summed E-state index contributed by atoms with van der Waals surface area (Å²) >= 11 is 6.30. The SMILES string of the molecule is COc1cc2nccc(Oc3ccc(NC(=O)c4c(C)n(C)n(-c5ccccc5Cl)c4=O)nc3)c2cc1OC. The number of carbonyl (C=O) groups is 1. The van der Waals surface area contributed by atoms with Gasteiger partial charge in [-0.25, -0.2) is 9.67 Å². The summed E-state index contributed by atoms with van der Waals surface area (Å²) in [7, 11) is 4.81. The molecule has 198 valence electrons. The van der Waals surface area contributed by atoms with E-state index in [1.807, 2.05) is 0 Å². The van der Waals surface area contributed by atoms with Gasteiger partial charge in [0.05, 0.1) is 42.3 Å². The van der Waals surface area contributed by atoms with Crippen molar-refractivity contribution < 1.29 is 19.0 Å². The number of nitrogens with zero attached hydrogens (tertiary/aromatic N) is 4. The third-order valence-corrected chi connectivity index (χ3v) is 6.59. The molecule has 0 saturated carbocycles. The van der Waals surface area contributed by atoms with Crippen LogP contribution in [0.15, 0.2) is 71.8 Å². The van der Waals surface area contributed by atoms with Gasteiger partial charge in [-0.2, -0.15) is 0 Å². The molecule has 1 N–H and O–H groups in total. The van der Waals surface area contributed by atoms with Crippen LogP contribution in [0.1, 0.15) is 16.1 Å². The van der Waals surface area contributed by atoms with Crippen molar-refractivity contribution in [3.63, 3.8) is 0 Å². The lowest BCUT2D eigenvalue weighted by Gasteiger charge is -2.12. The fourth-order valence-corrected chi connectivity index (χ4v) is 4.44. The van der Waals surface area contributed by atoms with Gasteiger partial charge in [-0.05, 0) is 43.3 Å². The Morgan fingerprint density at radius 1 is 0.974 bits per heavy atom. The number of ether oxygens (including phenoxy) is 3. The number of carbonyl (C=O) groups excluding carboxylic acids is 1. The number of hydrogen-bond donors (Lipinski definition) is 1. The molecule has 0 aliphatic heterocycles. The number of benzene rings is 2. The Balaban J connectivity index is 1.38. The molecule has 0 aliphatic carbocycles. The van der Waals surface area contributed by atoms with Gasteiger partial charge in [0.25, 0.3) is 11.5 Å². The summed E-state index contributed by atoms with van der Waals surface area (Å²) in [5.74, 6) is 1.76. The standard InChI is InChI=1S/C28H24ClN5O5/c1-16-26(28(36)34(33(16)2)21-8-6-5-7-19(21)29)27(35)32-25-10-9-17(15-31-25)39-22-11-12-30-20-14-24(38-4)23(37-3)13-18(20)22/h5-15H,1-4H3,(H,31,32,35). The first kappa shape index (κ1) is 25.8. The largest absolute Gasteiger partial charge is 0.493 e. The fraction of sp³-hybridized carbons (Fsp3) is 0.143. The molecule has 10 nitrogen and oxygen atoms in total. The number of nitrogens with one attached hydrogen (secondary N) is 1. The summed E-state index contributed by atoms with van der Waals surface area (Å²) in [4.78, 5) is 35.0. The zero-order valence-electron chi connectivity index (χ0n) is 21.6. The van der Waals surface area contributed by atoms with Crippen LogP contribution in [-0.4, -0.2) is 39.5 Å². The van der Waals surface area contributed by atoms with Gasteiger partial charge in [-0.3, -0.25) is 19.3 Å². The molecule has 0 aliphatic rings. The van der Waals surface area contributed by atoms with Crippen LogP contribution in [0, 0.1) is 6.92 Å². The number of amides is 1. The first-order chi connectivity index (χ1) is 18.8. The van der Waals surface area contributed by atoms with Gasteiger partial charge >= 0.3 is 0 Å². The number of fused-ring (bicyclic) bond motifs is 1. The molecule has 1 amide bonds. The average Bonchev–Trinajstić information content (AvgIpc) is 3.16. The molecular weight excluding hydrogens is 522 g/mol. The van der Waals surface area contributed by atoms with Crippen molar-refractivity contribution in [2.45, 2.75) is 6.92 Å². The van der Waals surface area contributed by atoms with E-state index in [2.05, 4.69) is 15.3 Å². The number of aromatic nitrogens is 4. The summed E-state index contributed by atoms with van der Waals surface area (Å²) in [6.07, 6.45) is 3.10. The molecule has 0 saturated heterocycles. The summed E-state index contributed by atoms with van der Waals surface area (Å²) in [5, 5.41) is 3.81. The Morgan fingerprint density at radius 2 is 1.72 bits per heavy atom. The van der Waals surface area contributed by atoms with E-state index in [0.717, 1.165) is 5.39 Å². The number of rotatable bonds is 7. The number of hydrogen-bond acceptors (Lipinski definition) is 7. The summed E-state index contributed by atoms with van der Waals surface area (Å²) in [6.45, 7) is 1.69. The zero-order valence-corrected chi connectivity index (χ0v) is 22.3. The minimum absolute atomic E-state index is 0.00724. The third kappa shape index (κ3) is 4.77. The summed E-state index contributed by atoms with van der Waals surface area (Å²) in [6, 6.07) is 15.5. The molecule has 39 heavy (non-hydrogen) atoms. The van der Waals surface area contributed by atoms with E-state index >= 15 is 0 Å². The maximum Gasteiger partial charge on any atom is 0.284 e. The molecule has 0 atom stereocenters.